The Morgan fingerprint density at radius 3 is 2.69 bits per heavy atom. The van der Waals surface area contributed by atoms with Crippen molar-refractivity contribution >= 4 is 48.6 Å². The molecule has 0 radical (unpaired) electrons. The highest BCUT2D eigenvalue weighted by molar-refractivity contribution is 9.10. The molecule has 0 atom stereocenters. The molecule has 4 aromatic rings. The van der Waals surface area contributed by atoms with Gasteiger partial charge in [-0.3, -0.25) is 15.1 Å². The molecule has 0 saturated heterocycles. The number of hydrogen-bond donors (Lipinski definition) is 1. The number of nitrogens with zero attached hydrogens (tertiary/aromatic N) is 6. The molecule has 0 bridgehead atoms. The molecular formula is C23H22BrN7O4S. The Bertz CT molecular complexity index is 1560. The summed E-state index contributed by atoms with van der Waals surface area (Å²) < 4.78 is 29.1. The van der Waals surface area contributed by atoms with Gasteiger partial charge in [0.2, 0.25) is 0 Å². The summed E-state index contributed by atoms with van der Waals surface area (Å²) in [4.78, 5) is 18.5. The Kier molecular flexibility index (Phi) is 7.31. The van der Waals surface area contributed by atoms with Gasteiger partial charge in [0.05, 0.1) is 28.0 Å². The molecule has 0 aliphatic carbocycles. The fraction of sp³-hybridized carbons (Fsp3) is 0.174. The van der Waals surface area contributed by atoms with Crippen LogP contribution in [-0.4, -0.2) is 47.2 Å². The zero-order valence-corrected chi connectivity index (χ0v) is 21.8. The van der Waals surface area contributed by atoms with E-state index >= 15 is 0 Å². The molecule has 1 N–H and O–H groups in total. The van der Waals surface area contributed by atoms with Crippen LogP contribution in [0, 0.1) is 10.1 Å². The van der Waals surface area contributed by atoms with Gasteiger partial charge in [0, 0.05) is 54.4 Å². The molecule has 0 fully saturated rings. The molecule has 0 aliphatic rings. The van der Waals surface area contributed by atoms with E-state index in [4.69, 9.17) is 0 Å². The van der Waals surface area contributed by atoms with E-state index in [0.29, 0.717) is 29.9 Å². The van der Waals surface area contributed by atoms with Crippen LogP contribution in [0.4, 0.5) is 11.4 Å². The van der Waals surface area contributed by atoms with Crippen molar-refractivity contribution in [2.45, 2.75) is 18.2 Å². The number of hydrogen-bond acceptors (Lipinski definition) is 8. The maximum Gasteiger partial charge on any atom is 0.278 e. The highest BCUT2D eigenvalue weighted by atomic mass is 79.9. The number of rotatable bonds is 9. The number of benzene rings is 1. The van der Waals surface area contributed by atoms with Gasteiger partial charge in [0.15, 0.2) is 0 Å². The Morgan fingerprint density at radius 2 is 1.97 bits per heavy atom. The van der Waals surface area contributed by atoms with Gasteiger partial charge in [-0.2, -0.15) is 23.4 Å². The number of pyridine rings is 2. The Balaban J connectivity index is 1.64. The third-order valence-electron chi connectivity index (χ3n) is 5.55. The lowest BCUT2D eigenvalue weighted by molar-refractivity contribution is -0.385. The maximum atomic E-state index is 13.3. The molecule has 4 rings (SSSR count). The number of non-ortho nitro benzene ring substituents is 1. The van der Waals surface area contributed by atoms with Gasteiger partial charge in [-0.1, -0.05) is 15.9 Å². The minimum Gasteiger partial charge on any atom is -0.373 e. The van der Waals surface area contributed by atoms with E-state index in [9.17, 15) is 18.5 Å². The normalized spacial score (nSPS) is 12.0. The molecule has 0 aliphatic heterocycles. The predicted molar refractivity (Wildman–Crippen MR) is 140 cm³/mol. The van der Waals surface area contributed by atoms with Gasteiger partial charge in [0.1, 0.15) is 4.90 Å². The van der Waals surface area contributed by atoms with Crippen molar-refractivity contribution in [3.05, 3.63) is 93.0 Å². The van der Waals surface area contributed by atoms with E-state index in [0.717, 1.165) is 21.6 Å². The number of halogens is 1. The molecule has 0 unspecified atom stereocenters. The maximum absolute atomic E-state index is 13.3. The van der Waals surface area contributed by atoms with Crippen molar-refractivity contribution in [3.8, 4) is 0 Å². The first kappa shape index (κ1) is 25.3. The Morgan fingerprint density at radius 1 is 1.22 bits per heavy atom. The number of aromatic nitrogens is 3. The molecule has 1 aromatic carbocycles. The summed E-state index contributed by atoms with van der Waals surface area (Å²) in [6, 6.07) is 11.2. The number of nitro groups is 1. The van der Waals surface area contributed by atoms with Crippen molar-refractivity contribution in [3.63, 3.8) is 0 Å². The molecular weight excluding hydrogens is 550 g/mol. The number of likely N-dealkylation sites (N-methyl/N-ethyl adjacent to an activating group) is 1. The molecule has 11 nitrogen and oxygen atoms in total. The predicted octanol–water partition coefficient (Wildman–Crippen LogP) is 3.78. The lowest BCUT2D eigenvalue weighted by Crippen LogP contribution is -2.26. The van der Waals surface area contributed by atoms with Gasteiger partial charge in [-0.25, -0.2) is 4.52 Å². The minimum absolute atomic E-state index is 0.243. The second-order valence-corrected chi connectivity index (χ2v) is 10.5. The molecule has 0 spiro atoms. The van der Waals surface area contributed by atoms with Crippen molar-refractivity contribution in [2.24, 2.45) is 5.10 Å². The summed E-state index contributed by atoms with van der Waals surface area (Å²) in [6.07, 6.45) is 7.34. The number of sulfonamides is 1. The van der Waals surface area contributed by atoms with E-state index < -0.39 is 14.9 Å². The molecule has 13 heteroatoms. The molecule has 36 heavy (non-hydrogen) atoms. The van der Waals surface area contributed by atoms with E-state index in [2.05, 4.69) is 35.9 Å². The average Bonchev–Trinajstić information content (AvgIpc) is 3.29. The van der Waals surface area contributed by atoms with Crippen molar-refractivity contribution < 1.29 is 13.3 Å². The fourth-order valence-corrected chi connectivity index (χ4v) is 5.05. The molecule has 3 heterocycles. The van der Waals surface area contributed by atoms with Crippen molar-refractivity contribution in [1.82, 2.24) is 19.4 Å². The van der Waals surface area contributed by atoms with Crippen LogP contribution in [0.1, 0.15) is 18.1 Å². The van der Waals surface area contributed by atoms with E-state index in [1.54, 1.807) is 48.2 Å². The SMILES string of the molecule is CC(=NNS(=O)(=O)c1cc([N+](=O)[O-])ccc1N(C)CCc1ccncc1)c1cnn2ccc(Br)cc12. The van der Waals surface area contributed by atoms with E-state index in [-0.39, 0.29) is 10.6 Å². The minimum atomic E-state index is -4.25. The standard InChI is InChI=1S/C23H22BrN7O4S/c1-16(20-15-26-30-12-8-18(24)13-22(20)30)27-28-36(34,35)23-14-19(31(32)33)3-4-21(23)29(2)11-7-17-5-9-25-10-6-17/h3-6,8-10,12-15,28H,7,11H2,1-2H3. The second kappa shape index (κ2) is 10.4. The van der Waals surface area contributed by atoms with Crippen LogP contribution >= 0.6 is 15.9 Å². The number of fused-ring (bicyclic) bond motifs is 1. The fourth-order valence-electron chi connectivity index (χ4n) is 3.59. The lowest BCUT2D eigenvalue weighted by atomic mass is 10.2. The van der Waals surface area contributed by atoms with Gasteiger partial charge in [-0.15, -0.1) is 0 Å². The third-order valence-corrected chi connectivity index (χ3v) is 7.28. The number of nitrogens with one attached hydrogen (secondary N) is 1. The van der Waals surface area contributed by atoms with Gasteiger partial charge < -0.3 is 4.90 Å². The van der Waals surface area contributed by atoms with E-state index in [1.807, 2.05) is 24.3 Å². The highest BCUT2D eigenvalue weighted by Crippen LogP contribution is 2.29. The second-order valence-electron chi connectivity index (χ2n) is 7.96. The summed E-state index contributed by atoms with van der Waals surface area (Å²) in [5.74, 6) is 0. The van der Waals surface area contributed by atoms with Gasteiger partial charge >= 0.3 is 0 Å². The van der Waals surface area contributed by atoms with Crippen LogP contribution in [-0.2, 0) is 16.4 Å². The summed E-state index contributed by atoms with van der Waals surface area (Å²) in [7, 11) is -2.52. The number of nitro benzene ring substituents is 1. The third kappa shape index (κ3) is 5.52. The first-order valence-electron chi connectivity index (χ1n) is 10.7. The van der Waals surface area contributed by atoms with Crippen LogP contribution in [0.3, 0.4) is 0 Å². The van der Waals surface area contributed by atoms with Crippen LogP contribution in [0.2, 0.25) is 0 Å². The highest BCUT2D eigenvalue weighted by Gasteiger charge is 2.24. The van der Waals surface area contributed by atoms with Crippen molar-refractivity contribution in [2.75, 3.05) is 18.5 Å². The quantitative estimate of drug-likeness (QED) is 0.183. The summed E-state index contributed by atoms with van der Waals surface area (Å²) in [6.45, 7) is 2.12. The lowest BCUT2D eigenvalue weighted by Gasteiger charge is -2.22. The summed E-state index contributed by atoms with van der Waals surface area (Å²) in [5.41, 5.74) is 2.75. The average molecular weight is 572 g/mol. The first-order valence-corrected chi connectivity index (χ1v) is 13.0. The molecule has 0 amide bonds. The van der Waals surface area contributed by atoms with Crippen molar-refractivity contribution in [1.29, 1.82) is 0 Å². The van der Waals surface area contributed by atoms with E-state index in [1.165, 1.54) is 12.1 Å². The van der Waals surface area contributed by atoms with Crippen LogP contribution < -0.4 is 9.73 Å². The van der Waals surface area contributed by atoms with Gasteiger partial charge in [-0.05, 0) is 49.2 Å². The number of anilines is 1. The monoisotopic (exact) mass is 571 g/mol. The molecule has 0 saturated carbocycles. The zero-order chi connectivity index (χ0) is 25.9. The smallest absolute Gasteiger partial charge is 0.278 e. The molecule has 3 aromatic heterocycles. The Labute approximate surface area is 215 Å². The Hall–Kier alpha value is -3.84. The molecule has 186 valence electrons. The van der Waals surface area contributed by atoms with Gasteiger partial charge in [0.25, 0.3) is 15.7 Å². The van der Waals surface area contributed by atoms with Crippen LogP contribution in [0.15, 0.2) is 81.7 Å². The summed E-state index contributed by atoms with van der Waals surface area (Å²) in [5, 5.41) is 19.7. The first-order chi connectivity index (χ1) is 17.2. The zero-order valence-electron chi connectivity index (χ0n) is 19.4. The largest absolute Gasteiger partial charge is 0.373 e. The summed E-state index contributed by atoms with van der Waals surface area (Å²) >= 11 is 3.41. The number of hydrazone groups is 1. The van der Waals surface area contributed by atoms with Crippen LogP contribution in [0.5, 0.6) is 0 Å². The topological polar surface area (TPSA) is 135 Å². The van der Waals surface area contributed by atoms with Crippen LogP contribution in [0.25, 0.3) is 5.52 Å².